The molecule has 0 spiro atoms. The monoisotopic (exact) mass is 249 g/mol. The first-order valence-corrected chi connectivity index (χ1v) is 6.22. The Balaban J connectivity index is 0.000000164. The second-order valence-electron chi connectivity index (χ2n) is 4.58. The van der Waals surface area contributed by atoms with Gasteiger partial charge in [0.1, 0.15) is 5.75 Å². The van der Waals surface area contributed by atoms with E-state index >= 15 is 0 Å². The van der Waals surface area contributed by atoms with Gasteiger partial charge in [0.15, 0.2) is 0 Å². The van der Waals surface area contributed by atoms with Crippen molar-refractivity contribution in [3.63, 3.8) is 0 Å². The van der Waals surface area contributed by atoms with Crippen molar-refractivity contribution in [1.29, 1.82) is 0 Å². The molecule has 1 aromatic rings. The van der Waals surface area contributed by atoms with Gasteiger partial charge in [0.2, 0.25) is 0 Å². The Labute approximate surface area is 107 Å². The molecule has 3 fully saturated rings. The molecule has 3 aliphatic rings. The van der Waals surface area contributed by atoms with Crippen molar-refractivity contribution in [2.75, 3.05) is 7.11 Å². The first-order valence-electron chi connectivity index (χ1n) is 6.22. The van der Waals surface area contributed by atoms with Crippen LogP contribution in [0, 0.1) is 0 Å². The molecule has 1 saturated carbocycles. The Morgan fingerprint density at radius 3 is 2.39 bits per heavy atom. The highest BCUT2D eigenvalue weighted by Crippen LogP contribution is 2.36. The molecule has 1 N–H and O–H groups in total. The van der Waals surface area contributed by atoms with E-state index in [1.807, 2.05) is 24.3 Å². The van der Waals surface area contributed by atoms with Gasteiger partial charge in [-0.2, -0.15) is 0 Å². The zero-order valence-corrected chi connectivity index (χ0v) is 10.8. The molecule has 2 bridgehead atoms. The molecule has 18 heavy (non-hydrogen) atoms. The second kappa shape index (κ2) is 5.87. The standard InChI is InChI=1S/C9H11NO2.C5H8O/c1-7(10-11)8-5-3-4-6-9(8)12-2;1-2-5-3-4(1)6-5/h3-6,11H,1-2H3;4-5H,1-3H2. The number of rotatable bonds is 2. The molecule has 0 aromatic heterocycles. The third kappa shape index (κ3) is 2.82. The van der Waals surface area contributed by atoms with Gasteiger partial charge in [0, 0.05) is 5.56 Å². The van der Waals surface area contributed by atoms with Crippen LogP contribution in [0.2, 0.25) is 0 Å². The van der Waals surface area contributed by atoms with Crippen molar-refractivity contribution in [2.45, 2.75) is 38.4 Å². The van der Waals surface area contributed by atoms with Crippen LogP contribution < -0.4 is 4.74 Å². The van der Waals surface area contributed by atoms with E-state index in [9.17, 15) is 0 Å². The van der Waals surface area contributed by atoms with Gasteiger partial charge in [-0.1, -0.05) is 17.3 Å². The van der Waals surface area contributed by atoms with E-state index in [0.717, 1.165) is 5.56 Å². The van der Waals surface area contributed by atoms with Crippen LogP contribution in [0.5, 0.6) is 5.75 Å². The molecule has 4 rings (SSSR count). The minimum Gasteiger partial charge on any atom is -0.496 e. The van der Waals surface area contributed by atoms with E-state index in [1.54, 1.807) is 14.0 Å². The molecule has 2 atom stereocenters. The first-order chi connectivity index (χ1) is 8.74. The summed E-state index contributed by atoms with van der Waals surface area (Å²) in [5.74, 6) is 0.716. The third-order valence-corrected chi connectivity index (χ3v) is 3.37. The fourth-order valence-electron chi connectivity index (χ4n) is 2.30. The summed E-state index contributed by atoms with van der Waals surface area (Å²) in [5, 5.41) is 11.6. The Hall–Kier alpha value is -1.55. The topological polar surface area (TPSA) is 51.0 Å². The lowest BCUT2D eigenvalue weighted by molar-refractivity contribution is -0.0647. The number of fused-ring (bicyclic) bond motifs is 1. The van der Waals surface area contributed by atoms with Gasteiger partial charge in [-0.25, -0.2) is 0 Å². The van der Waals surface area contributed by atoms with Crippen molar-refractivity contribution in [3.05, 3.63) is 29.8 Å². The second-order valence-corrected chi connectivity index (χ2v) is 4.58. The van der Waals surface area contributed by atoms with Crippen LogP contribution in [0.4, 0.5) is 0 Å². The molecule has 2 aliphatic heterocycles. The number of oxime groups is 1. The Kier molecular flexibility index (Phi) is 4.20. The van der Waals surface area contributed by atoms with Gasteiger partial charge in [-0.3, -0.25) is 0 Å². The number of ether oxygens (including phenoxy) is 2. The van der Waals surface area contributed by atoms with E-state index in [1.165, 1.54) is 19.3 Å². The molecule has 4 nitrogen and oxygen atoms in total. The summed E-state index contributed by atoms with van der Waals surface area (Å²) in [6, 6.07) is 7.40. The summed E-state index contributed by atoms with van der Waals surface area (Å²) in [4.78, 5) is 0. The highest BCUT2D eigenvalue weighted by Gasteiger charge is 2.36. The number of benzene rings is 1. The van der Waals surface area contributed by atoms with Crippen molar-refractivity contribution in [2.24, 2.45) is 5.16 Å². The van der Waals surface area contributed by atoms with Crippen LogP contribution in [0.25, 0.3) is 0 Å². The SMILES string of the molecule is C1CC2CC1O2.COc1ccccc1C(C)=NO. The number of hydrogen-bond acceptors (Lipinski definition) is 4. The summed E-state index contributed by atoms with van der Waals surface area (Å²) < 4.78 is 10.3. The largest absolute Gasteiger partial charge is 0.496 e. The fraction of sp³-hybridized carbons (Fsp3) is 0.500. The quantitative estimate of drug-likeness (QED) is 0.498. The number of hydrogen-bond donors (Lipinski definition) is 1. The summed E-state index contributed by atoms with van der Waals surface area (Å²) in [6.07, 6.45) is 5.42. The molecule has 4 heteroatoms. The van der Waals surface area contributed by atoms with Gasteiger partial charge in [0.25, 0.3) is 0 Å². The Morgan fingerprint density at radius 2 is 1.94 bits per heavy atom. The molecule has 98 valence electrons. The predicted molar refractivity (Wildman–Crippen MR) is 69.5 cm³/mol. The highest BCUT2D eigenvalue weighted by atomic mass is 16.5. The Bertz CT molecular complexity index is 411. The number of nitrogens with zero attached hydrogens (tertiary/aromatic N) is 1. The zero-order valence-electron chi connectivity index (χ0n) is 10.8. The average molecular weight is 249 g/mol. The molecular weight excluding hydrogens is 230 g/mol. The van der Waals surface area contributed by atoms with E-state index in [0.29, 0.717) is 23.7 Å². The molecule has 2 unspecified atom stereocenters. The zero-order chi connectivity index (χ0) is 13.0. The lowest BCUT2D eigenvalue weighted by Gasteiger charge is -2.23. The van der Waals surface area contributed by atoms with Crippen LogP contribution in [0.15, 0.2) is 29.4 Å². The maximum Gasteiger partial charge on any atom is 0.128 e. The summed E-state index contributed by atoms with van der Waals surface area (Å²) in [6.45, 7) is 1.72. The van der Waals surface area contributed by atoms with Crippen LogP contribution in [0.1, 0.15) is 31.7 Å². The number of methoxy groups -OCH3 is 1. The highest BCUT2D eigenvalue weighted by molar-refractivity contribution is 6.00. The smallest absolute Gasteiger partial charge is 0.128 e. The van der Waals surface area contributed by atoms with Gasteiger partial charge >= 0.3 is 0 Å². The van der Waals surface area contributed by atoms with Crippen LogP contribution in [0.3, 0.4) is 0 Å². The van der Waals surface area contributed by atoms with Crippen molar-refractivity contribution < 1.29 is 14.7 Å². The lowest BCUT2D eigenvalue weighted by atomic mass is 10.1. The predicted octanol–water partition coefficient (Wildman–Crippen LogP) is 2.83. The van der Waals surface area contributed by atoms with Crippen molar-refractivity contribution >= 4 is 5.71 Å². The minimum absolute atomic E-state index is 0.549. The lowest BCUT2D eigenvalue weighted by Crippen LogP contribution is -2.25. The van der Waals surface area contributed by atoms with Crippen LogP contribution in [-0.2, 0) is 4.74 Å². The summed E-state index contributed by atoms with van der Waals surface area (Å²) >= 11 is 0. The van der Waals surface area contributed by atoms with Crippen LogP contribution in [-0.4, -0.2) is 30.2 Å². The van der Waals surface area contributed by atoms with Crippen molar-refractivity contribution in [3.8, 4) is 5.75 Å². The average Bonchev–Trinajstić information content (AvgIpc) is 3.02. The summed E-state index contributed by atoms with van der Waals surface area (Å²) in [7, 11) is 1.59. The Morgan fingerprint density at radius 1 is 1.33 bits per heavy atom. The summed E-state index contributed by atoms with van der Waals surface area (Å²) in [5.41, 5.74) is 1.36. The molecule has 1 aromatic carbocycles. The normalized spacial score (nSPS) is 24.9. The number of para-hydroxylation sites is 1. The van der Waals surface area contributed by atoms with Gasteiger partial charge in [0.05, 0.1) is 25.0 Å². The maximum absolute atomic E-state index is 8.54. The molecule has 0 radical (unpaired) electrons. The van der Waals surface area contributed by atoms with Crippen molar-refractivity contribution in [1.82, 2.24) is 0 Å². The van der Waals surface area contributed by atoms with Gasteiger partial charge < -0.3 is 14.7 Å². The van der Waals surface area contributed by atoms with Gasteiger partial charge in [-0.05, 0) is 38.3 Å². The molecule has 0 amide bonds. The maximum atomic E-state index is 8.54. The molecule has 1 aliphatic carbocycles. The van der Waals surface area contributed by atoms with E-state index in [2.05, 4.69) is 5.16 Å². The van der Waals surface area contributed by atoms with Gasteiger partial charge in [-0.15, -0.1) is 0 Å². The first kappa shape index (κ1) is 12.9. The minimum atomic E-state index is 0.549. The van der Waals surface area contributed by atoms with E-state index < -0.39 is 0 Å². The van der Waals surface area contributed by atoms with E-state index in [4.69, 9.17) is 14.7 Å². The van der Waals surface area contributed by atoms with Crippen LogP contribution >= 0.6 is 0 Å². The van der Waals surface area contributed by atoms with E-state index in [-0.39, 0.29) is 0 Å². The fourth-order valence-corrected chi connectivity index (χ4v) is 2.30. The molecule has 2 saturated heterocycles. The molecule has 2 heterocycles. The third-order valence-electron chi connectivity index (χ3n) is 3.37. The molecular formula is C14H19NO3.